The number of para-hydroxylation sites is 1. The van der Waals surface area contributed by atoms with Gasteiger partial charge in [-0.25, -0.2) is 0 Å². The number of phenolic OH excluding ortho intramolecular Hbond substituents is 1. The van der Waals surface area contributed by atoms with Gasteiger partial charge in [-0.2, -0.15) is 0 Å². The van der Waals surface area contributed by atoms with Crippen LogP contribution in [-0.4, -0.2) is 15.8 Å². The summed E-state index contributed by atoms with van der Waals surface area (Å²) in [5, 5.41) is 20.6. The van der Waals surface area contributed by atoms with E-state index in [1.165, 1.54) is 0 Å². The maximum absolute atomic E-state index is 10.5. The fourth-order valence-electron chi connectivity index (χ4n) is 2.12. The number of hydrogen-bond acceptors (Lipinski definition) is 2. The normalized spacial score (nSPS) is 12.8. The molecular formula is C15H21ClO2. The van der Waals surface area contributed by atoms with E-state index in [-0.39, 0.29) is 5.75 Å². The number of halogens is 1. The minimum absolute atomic E-state index is 0.133. The highest BCUT2D eigenvalue weighted by atomic mass is 35.5. The highest BCUT2D eigenvalue weighted by Crippen LogP contribution is 2.32. The molecule has 0 atom stereocenters. The van der Waals surface area contributed by atoms with E-state index in [1.807, 2.05) is 19.9 Å². The van der Waals surface area contributed by atoms with Gasteiger partial charge in [-0.15, -0.1) is 0 Å². The molecule has 2 N–H and O–H groups in total. The molecule has 18 heavy (non-hydrogen) atoms. The van der Waals surface area contributed by atoms with E-state index < -0.39 is 5.60 Å². The van der Waals surface area contributed by atoms with Crippen LogP contribution >= 0.6 is 11.6 Å². The maximum atomic E-state index is 10.5. The lowest BCUT2D eigenvalue weighted by atomic mass is 9.91. The van der Waals surface area contributed by atoms with E-state index in [4.69, 9.17) is 11.6 Å². The van der Waals surface area contributed by atoms with Crippen molar-refractivity contribution >= 4 is 16.6 Å². The van der Waals surface area contributed by atoms with Gasteiger partial charge in [0.1, 0.15) is 5.75 Å². The van der Waals surface area contributed by atoms with E-state index >= 15 is 0 Å². The minimum Gasteiger partial charge on any atom is -0.507 e. The molecule has 0 aliphatic rings. The van der Waals surface area contributed by atoms with E-state index in [1.54, 1.807) is 24.3 Å². The molecule has 0 fully saturated rings. The first kappa shape index (κ1) is 15.1. The van der Waals surface area contributed by atoms with Crippen LogP contribution in [0.1, 0.15) is 45.1 Å². The van der Waals surface area contributed by atoms with Crippen LogP contribution in [0.3, 0.4) is 0 Å². The molecule has 0 spiro atoms. The van der Waals surface area contributed by atoms with Gasteiger partial charge in [0.25, 0.3) is 0 Å². The summed E-state index contributed by atoms with van der Waals surface area (Å²) in [5.41, 5.74) is -0.326. The summed E-state index contributed by atoms with van der Waals surface area (Å²) in [7, 11) is 0. The molecule has 2 nitrogen and oxygen atoms in total. The molecule has 3 heteroatoms. The average molecular weight is 269 g/mol. The Kier molecular flexibility index (Phi) is 5.70. The molecule has 100 valence electrons. The van der Waals surface area contributed by atoms with Gasteiger partial charge < -0.3 is 10.2 Å². The van der Waals surface area contributed by atoms with Gasteiger partial charge in [0.2, 0.25) is 0 Å². The van der Waals surface area contributed by atoms with E-state index in [0.717, 1.165) is 12.8 Å². The fraction of sp³-hybridized carbons (Fsp3) is 0.467. The number of benzene rings is 1. The summed E-state index contributed by atoms with van der Waals surface area (Å²) in [6.07, 6.45) is 4.78. The van der Waals surface area contributed by atoms with Crippen molar-refractivity contribution in [2.75, 3.05) is 0 Å². The zero-order valence-corrected chi connectivity index (χ0v) is 11.7. The standard InChI is InChI=1S/C15H21ClO2/c1-3-9-15(18,10-4-2)11-13(16)12-7-5-6-8-14(12)17/h5-8,11,17-18H,3-4,9-10H2,1-2H3/b13-11+. The summed E-state index contributed by atoms with van der Waals surface area (Å²) in [6.45, 7) is 4.06. The van der Waals surface area contributed by atoms with E-state index in [2.05, 4.69) is 0 Å². The smallest absolute Gasteiger partial charge is 0.124 e. The highest BCUT2D eigenvalue weighted by Gasteiger charge is 2.23. The number of hydrogen-bond donors (Lipinski definition) is 2. The molecule has 0 bridgehead atoms. The summed E-state index contributed by atoms with van der Waals surface area (Å²) in [6, 6.07) is 6.88. The minimum atomic E-state index is -0.886. The average Bonchev–Trinajstić information content (AvgIpc) is 2.29. The number of rotatable bonds is 6. The van der Waals surface area contributed by atoms with Crippen molar-refractivity contribution in [3.05, 3.63) is 35.9 Å². The SMILES string of the molecule is CCCC(O)(/C=C(/Cl)c1ccccc1O)CCC. The van der Waals surface area contributed by atoms with Gasteiger partial charge in [-0.1, -0.05) is 50.4 Å². The molecule has 0 saturated heterocycles. The number of aromatic hydroxyl groups is 1. The lowest BCUT2D eigenvalue weighted by Gasteiger charge is -2.24. The molecule has 0 unspecified atom stereocenters. The fourth-order valence-corrected chi connectivity index (χ4v) is 2.49. The van der Waals surface area contributed by atoms with Crippen molar-refractivity contribution in [3.63, 3.8) is 0 Å². The second-order valence-electron chi connectivity index (χ2n) is 4.61. The predicted octanol–water partition coefficient (Wildman–Crippen LogP) is 4.30. The maximum Gasteiger partial charge on any atom is 0.124 e. The van der Waals surface area contributed by atoms with Gasteiger partial charge in [-0.3, -0.25) is 0 Å². The summed E-state index contributed by atoms with van der Waals surface area (Å²) >= 11 is 6.21. The molecule has 1 rings (SSSR count). The lowest BCUT2D eigenvalue weighted by Crippen LogP contribution is -2.25. The Labute approximate surface area is 114 Å². The first-order chi connectivity index (χ1) is 8.52. The largest absolute Gasteiger partial charge is 0.507 e. The second kappa shape index (κ2) is 6.81. The highest BCUT2D eigenvalue weighted by molar-refractivity contribution is 6.49. The van der Waals surface area contributed by atoms with Crippen LogP contribution in [-0.2, 0) is 0 Å². The first-order valence-electron chi connectivity index (χ1n) is 6.41. The third-order valence-electron chi connectivity index (χ3n) is 2.92. The summed E-state index contributed by atoms with van der Waals surface area (Å²) in [5.74, 6) is 0.133. The molecular weight excluding hydrogens is 248 g/mol. The van der Waals surface area contributed by atoms with Crippen molar-refractivity contribution in [1.29, 1.82) is 0 Å². The van der Waals surface area contributed by atoms with E-state index in [9.17, 15) is 10.2 Å². The number of aliphatic hydroxyl groups is 1. The van der Waals surface area contributed by atoms with Crippen molar-refractivity contribution < 1.29 is 10.2 Å². The second-order valence-corrected chi connectivity index (χ2v) is 5.02. The van der Waals surface area contributed by atoms with E-state index in [0.29, 0.717) is 23.4 Å². The number of phenols is 1. The van der Waals surface area contributed by atoms with Crippen molar-refractivity contribution in [2.45, 2.75) is 45.1 Å². The van der Waals surface area contributed by atoms with Crippen LogP contribution in [0.5, 0.6) is 5.75 Å². The molecule has 0 aliphatic heterocycles. The van der Waals surface area contributed by atoms with Crippen LogP contribution in [0.15, 0.2) is 30.3 Å². The van der Waals surface area contributed by atoms with Crippen LogP contribution in [0.2, 0.25) is 0 Å². The van der Waals surface area contributed by atoms with Crippen molar-refractivity contribution in [3.8, 4) is 5.75 Å². The monoisotopic (exact) mass is 268 g/mol. The van der Waals surface area contributed by atoms with Gasteiger partial charge in [0, 0.05) is 5.56 Å². The van der Waals surface area contributed by atoms with Gasteiger partial charge in [0.15, 0.2) is 0 Å². The Morgan fingerprint density at radius 1 is 1.22 bits per heavy atom. The topological polar surface area (TPSA) is 40.5 Å². The first-order valence-corrected chi connectivity index (χ1v) is 6.79. The third-order valence-corrected chi connectivity index (χ3v) is 3.24. The summed E-state index contributed by atoms with van der Waals surface area (Å²) < 4.78 is 0. The van der Waals surface area contributed by atoms with Crippen LogP contribution in [0.4, 0.5) is 0 Å². The molecule has 1 aromatic carbocycles. The van der Waals surface area contributed by atoms with Gasteiger partial charge in [0.05, 0.1) is 10.6 Å². The molecule has 0 aliphatic carbocycles. The Bertz CT molecular complexity index is 407. The van der Waals surface area contributed by atoms with Crippen LogP contribution in [0, 0.1) is 0 Å². The Morgan fingerprint density at radius 2 is 1.78 bits per heavy atom. The van der Waals surface area contributed by atoms with Gasteiger partial charge in [-0.05, 0) is 31.1 Å². The Hall–Kier alpha value is -0.990. The van der Waals surface area contributed by atoms with Crippen LogP contribution in [0.25, 0.3) is 5.03 Å². The van der Waals surface area contributed by atoms with Gasteiger partial charge >= 0.3 is 0 Å². The summed E-state index contributed by atoms with van der Waals surface area (Å²) in [4.78, 5) is 0. The third kappa shape index (κ3) is 4.04. The Balaban J connectivity index is 3.02. The quantitative estimate of drug-likeness (QED) is 0.807. The van der Waals surface area contributed by atoms with Crippen molar-refractivity contribution in [2.24, 2.45) is 0 Å². The molecule has 0 aromatic heterocycles. The Morgan fingerprint density at radius 3 is 2.28 bits per heavy atom. The molecule has 0 amide bonds. The van der Waals surface area contributed by atoms with Crippen molar-refractivity contribution in [1.82, 2.24) is 0 Å². The predicted molar refractivity (Wildman–Crippen MR) is 76.7 cm³/mol. The van der Waals surface area contributed by atoms with Crippen LogP contribution < -0.4 is 0 Å². The zero-order valence-electron chi connectivity index (χ0n) is 11.0. The molecule has 0 radical (unpaired) electrons. The molecule has 1 aromatic rings. The zero-order chi connectivity index (χ0) is 13.6. The lowest BCUT2D eigenvalue weighted by molar-refractivity contribution is 0.0713. The molecule has 0 saturated carbocycles. The molecule has 0 heterocycles.